The zero-order valence-electron chi connectivity index (χ0n) is 29.0. The first-order valence-electron chi connectivity index (χ1n) is 17.4. The fourth-order valence-electron chi connectivity index (χ4n) is 8.92. The second kappa shape index (κ2) is 12.1. The van der Waals surface area contributed by atoms with Crippen molar-refractivity contribution in [1.82, 2.24) is 24.8 Å². The summed E-state index contributed by atoms with van der Waals surface area (Å²) in [5, 5.41) is 0.163. The van der Waals surface area contributed by atoms with Crippen molar-refractivity contribution in [1.29, 1.82) is 0 Å². The number of fused-ring (bicyclic) bond motifs is 6. The maximum atomic E-state index is 17.0. The number of alkyl halides is 1. The normalized spacial score (nSPS) is 28.5. The molecule has 5 aliphatic heterocycles. The number of amides is 1. The summed E-state index contributed by atoms with van der Waals surface area (Å²) in [6.45, 7) is 10.2. The lowest BCUT2D eigenvalue weighted by Crippen LogP contribution is -2.65. The van der Waals surface area contributed by atoms with Gasteiger partial charge in [-0.3, -0.25) is 9.80 Å². The van der Waals surface area contributed by atoms with Gasteiger partial charge in [-0.2, -0.15) is 9.97 Å². The molecule has 4 saturated heterocycles. The number of piperazine rings is 1. The summed E-state index contributed by atoms with van der Waals surface area (Å²) >= 11 is 1.75. The van der Waals surface area contributed by atoms with Crippen LogP contribution in [0.1, 0.15) is 65.4 Å². The van der Waals surface area contributed by atoms with Gasteiger partial charge in [0.25, 0.3) is 0 Å². The number of nitrogen functional groups attached to an aromatic ring is 1. The summed E-state index contributed by atoms with van der Waals surface area (Å²) in [7, 11) is 0. The van der Waals surface area contributed by atoms with Crippen LogP contribution in [0.4, 0.5) is 33.9 Å². The molecule has 2 N–H and O–H groups in total. The number of nitrogens with two attached hydrogens (primary N) is 1. The molecule has 11 nitrogen and oxygen atoms in total. The fourth-order valence-corrected chi connectivity index (χ4v) is 9.65. The van der Waals surface area contributed by atoms with Crippen molar-refractivity contribution in [2.24, 2.45) is 0 Å². The number of anilines is 2. The lowest BCUT2D eigenvalue weighted by molar-refractivity contribution is 0.000937. The molecule has 0 spiro atoms. The van der Waals surface area contributed by atoms with Crippen LogP contribution in [0.15, 0.2) is 0 Å². The van der Waals surface area contributed by atoms with E-state index in [1.165, 1.54) is 6.92 Å². The van der Waals surface area contributed by atoms with Gasteiger partial charge in [0.2, 0.25) is 5.88 Å². The Hall–Kier alpha value is -3.41. The fraction of sp³-hybridized carbons (Fsp3) is 0.600. The molecule has 0 unspecified atom stereocenters. The first-order chi connectivity index (χ1) is 24.1. The largest absolute Gasteiger partial charge is 0.472 e. The highest BCUT2D eigenvalue weighted by molar-refractivity contribution is 14.1. The summed E-state index contributed by atoms with van der Waals surface area (Å²) in [6, 6.07) is -1.17. The Morgan fingerprint density at radius 2 is 1.88 bits per heavy atom. The average molecular weight is 826 g/mol. The van der Waals surface area contributed by atoms with E-state index in [9.17, 15) is 13.6 Å². The molecular weight excluding hydrogens is 785 g/mol. The maximum absolute atomic E-state index is 17.0. The molecule has 2 aromatic heterocycles. The Bertz CT molecular complexity index is 1940. The van der Waals surface area contributed by atoms with E-state index >= 15 is 8.78 Å². The quantitative estimate of drug-likeness (QED) is 0.183. The zero-order valence-corrected chi connectivity index (χ0v) is 31.2. The van der Waals surface area contributed by atoms with E-state index in [2.05, 4.69) is 14.9 Å². The number of rotatable bonds is 4. The van der Waals surface area contributed by atoms with Crippen LogP contribution >= 0.6 is 22.6 Å². The Labute approximate surface area is 306 Å². The van der Waals surface area contributed by atoms with Crippen LogP contribution in [0.25, 0.3) is 22.2 Å². The summed E-state index contributed by atoms with van der Waals surface area (Å²) < 4.78 is 80.9. The third-order valence-corrected chi connectivity index (χ3v) is 12.5. The number of aromatic nitrogens is 3. The minimum atomic E-state index is -1.15. The molecule has 7 heterocycles. The molecule has 6 atom stereocenters. The van der Waals surface area contributed by atoms with Gasteiger partial charge in [-0.1, -0.05) is 0 Å². The topological polar surface area (TPSA) is 119 Å². The molecule has 0 aliphatic carbocycles. The smallest absolute Gasteiger partial charge is 0.410 e. The summed E-state index contributed by atoms with van der Waals surface area (Å²) in [4.78, 5) is 33.4. The highest BCUT2D eigenvalue weighted by Crippen LogP contribution is 2.48. The van der Waals surface area contributed by atoms with Crippen LogP contribution in [0.2, 0.25) is 0 Å². The van der Waals surface area contributed by atoms with Gasteiger partial charge in [-0.25, -0.2) is 27.3 Å². The molecule has 4 fully saturated rings. The molecule has 0 radical (unpaired) electrons. The molecule has 1 aromatic carbocycles. The van der Waals surface area contributed by atoms with Crippen molar-refractivity contribution in [2.45, 2.75) is 108 Å². The minimum absolute atomic E-state index is 0.0387. The number of benzene rings is 1. The van der Waals surface area contributed by atoms with Gasteiger partial charge in [0.1, 0.15) is 52.6 Å². The van der Waals surface area contributed by atoms with E-state index in [-0.39, 0.29) is 56.2 Å². The van der Waals surface area contributed by atoms with Crippen molar-refractivity contribution in [3.63, 3.8) is 0 Å². The Kier molecular flexibility index (Phi) is 8.20. The lowest BCUT2D eigenvalue weighted by atomic mass is 9.95. The van der Waals surface area contributed by atoms with E-state index in [1.807, 2.05) is 32.6 Å². The van der Waals surface area contributed by atoms with Gasteiger partial charge in [0.15, 0.2) is 17.5 Å². The molecule has 8 rings (SSSR count). The Balaban J connectivity index is 1.29. The van der Waals surface area contributed by atoms with Crippen LogP contribution in [0.5, 0.6) is 11.9 Å². The van der Waals surface area contributed by atoms with E-state index in [1.54, 1.807) is 27.5 Å². The highest BCUT2D eigenvalue weighted by Gasteiger charge is 2.54. The van der Waals surface area contributed by atoms with E-state index < -0.39 is 64.4 Å². The third-order valence-electron chi connectivity index (χ3n) is 11.1. The molecule has 3 aromatic rings. The summed E-state index contributed by atoms with van der Waals surface area (Å²) in [5.41, 5.74) is 2.86. The molecule has 5 aliphatic rings. The maximum Gasteiger partial charge on any atom is 0.410 e. The van der Waals surface area contributed by atoms with Gasteiger partial charge in [-0.05, 0) is 89.4 Å². The van der Waals surface area contributed by atoms with Crippen LogP contribution < -0.4 is 20.1 Å². The monoisotopic (exact) mass is 825 g/mol. The standard InChI is InChI=1S/C35H40F4IN7O4/c1-15-22(37)26(41)23(38)20(25(15)40)27-24(39)28-21-30(44-32(43-28)49-14-35-9-6-10-45(35)12-17(36)11-35)46-13-18-7-8-19(29(46)16(2)50-31(21)42-27)47(18)33(48)51-34(3,4)5/h16-19,29H,6-14,41H2,1-5H3/t16-,17+,18+,19-,29+,35-/m0/s1. The third kappa shape index (κ3) is 5.43. The first kappa shape index (κ1) is 34.7. The van der Waals surface area contributed by atoms with Crippen molar-refractivity contribution < 1.29 is 36.6 Å². The van der Waals surface area contributed by atoms with Crippen LogP contribution in [-0.2, 0) is 4.74 Å². The SMILES string of the molecule is Cc1c(F)c(N)c(F)c(-c2nc3c4c(nc(OC[C@@]56CCCN5C[C@H](F)C6)nc4c2F)N2C[C@H]4CC[C@@H]([C@H]2[C@H](C)O3)N4C(=O)OC(C)(C)C)c1I. The Morgan fingerprint density at radius 1 is 1.12 bits per heavy atom. The number of hydrogen-bond acceptors (Lipinski definition) is 10. The number of ether oxygens (including phenoxy) is 3. The van der Waals surface area contributed by atoms with E-state index in [4.69, 9.17) is 24.9 Å². The lowest BCUT2D eigenvalue weighted by Gasteiger charge is -2.48. The van der Waals surface area contributed by atoms with Crippen molar-refractivity contribution in [3.8, 4) is 23.1 Å². The van der Waals surface area contributed by atoms with E-state index in [0.717, 1.165) is 19.4 Å². The predicted octanol–water partition coefficient (Wildman–Crippen LogP) is 6.30. The van der Waals surface area contributed by atoms with E-state index in [0.29, 0.717) is 38.2 Å². The number of hydrogen-bond donors (Lipinski definition) is 1. The molecule has 274 valence electrons. The molecule has 16 heteroatoms. The zero-order chi connectivity index (χ0) is 36.3. The van der Waals surface area contributed by atoms with Gasteiger partial charge in [-0.15, -0.1) is 0 Å². The van der Waals surface area contributed by atoms with Gasteiger partial charge < -0.3 is 24.8 Å². The number of carbonyl (C=O) groups excluding carboxylic acids is 1. The first-order valence-corrected chi connectivity index (χ1v) is 18.5. The molecule has 1 amide bonds. The second-order valence-corrected chi connectivity index (χ2v) is 16.6. The number of nitrogens with zero attached hydrogens (tertiary/aromatic N) is 6. The summed E-state index contributed by atoms with van der Waals surface area (Å²) in [5.74, 6) is -2.82. The number of carbonyl (C=O) groups is 1. The average Bonchev–Trinajstić information content (AvgIpc) is 3.67. The van der Waals surface area contributed by atoms with Crippen molar-refractivity contribution in [3.05, 3.63) is 26.6 Å². The molecule has 2 bridgehead atoms. The number of pyridine rings is 1. The van der Waals surface area contributed by atoms with Gasteiger partial charge in [0, 0.05) is 28.6 Å². The molecule has 0 saturated carbocycles. The van der Waals surface area contributed by atoms with Gasteiger partial charge in [0.05, 0.1) is 29.2 Å². The highest BCUT2D eigenvalue weighted by atomic mass is 127. The van der Waals surface area contributed by atoms with Crippen LogP contribution in [0, 0.1) is 27.9 Å². The number of halogens is 5. The van der Waals surface area contributed by atoms with Crippen molar-refractivity contribution >= 4 is 51.1 Å². The molecule has 51 heavy (non-hydrogen) atoms. The van der Waals surface area contributed by atoms with Crippen molar-refractivity contribution in [2.75, 3.05) is 36.9 Å². The Morgan fingerprint density at radius 3 is 2.63 bits per heavy atom. The second-order valence-electron chi connectivity index (χ2n) is 15.5. The van der Waals surface area contributed by atoms with Crippen LogP contribution in [0.3, 0.4) is 0 Å². The molecular formula is C35H40F4IN7O4. The predicted molar refractivity (Wildman–Crippen MR) is 189 cm³/mol. The van der Waals surface area contributed by atoms with Crippen LogP contribution in [-0.4, -0.2) is 98.6 Å². The van der Waals surface area contributed by atoms with Gasteiger partial charge >= 0.3 is 12.1 Å². The summed E-state index contributed by atoms with van der Waals surface area (Å²) in [6.07, 6.45) is 1.31. The minimum Gasteiger partial charge on any atom is -0.472 e.